The van der Waals surface area contributed by atoms with Crippen LogP contribution in [0.1, 0.15) is 28.5 Å². The van der Waals surface area contributed by atoms with Crippen molar-refractivity contribution in [1.29, 1.82) is 0 Å². The van der Waals surface area contributed by atoms with Crippen LogP contribution < -0.4 is 9.47 Å². The van der Waals surface area contributed by atoms with Crippen molar-refractivity contribution < 1.29 is 19.0 Å². The number of benzene rings is 1. The zero-order valence-corrected chi connectivity index (χ0v) is 14.8. The number of aromatic nitrogens is 3. The third-order valence-electron chi connectivity index (χ3n) is 3.81. The summed E-state index contributed by atoms with van der Waals surface area (Å²) in [5.74, 6) is 0.553. The van der Waals surface area contributed by atoms with Crippen LogP contribution in [0.4, 0.5) is 0 Å². The number of carbonyl (C=O) groups excluding carboxylic acids is 1. The van der Waals surface area contributed by atoms with Gasteiger partial charge in [-0.25, -0.2) is 9.78 Å². The van der Waals surface area contributed by atoms with Crippen LogP contribution in [0, 0.1) is 0 Å². The molecular weight excluding hydrogens is 334 g/mol. The van der Waals surface area contributed by atoms with Crippen molar-refractivity contribution >= 4 is 29.0 Å². The molecule has 2 aromatic heterocycles. The van der Waals surface area contributed by atoms with Gasteiger partial charge >= 0.3 is 5.97 Å². The first-order valence-electron chi connectivity index (χ1n) is 8.08. The van der Waals surface area contributed by atoms with E-state index in [2.05, 4.69) is 15.2 Å². The number of aromatic amines is 1. The molecule has 0 aliphatic carbocycles. The molecule has 0 saturated carbocycles. The van der Waals surface area contributed by atoms with E-state index in [-0.39, 0.29) is 0 Å². The Balaban J connectivity index is 2.01. The van der Waals surface area contributed by atoms with Crippen molar-refractivity contribution in [3.05, 3.63) is 47.3 Å². The van der Waals surface area contributed by atoms with Crippen LogP contribution in [0.25, 0.3) is 23.1 Å². The van der Waals surface area contributed by atoms with Gasteiger partial charge in [-0.3, -0.25) is 5.10 Å². The van der Waals surface area contributed by atoms with Crippen LogP contribution in [-0.2, 0) is 4.74 Å². The van der Waals surface area contributed by atoms with E-state index in [0.29, 0.717) is 29.5 Å². The Kier molecular flexibility index (Phi) is 5.17. The molecule has 0 spiro atoms. The molecule has 26 heavy (non-hydrogen) atoms. The topological polar surface area (TPSA) is 86.3 Å². The lowest BCUT2D eigenvalue weighted by atomic mass is 10.1. The first kappa shape index (κ1) is 17.5. The molecule has 0 amide bonds. The van der Waals surface area contributed by atoms with Gasteiger partial charge in [-0.15, -0.1) is 0 Å². The molecule has 7 nitrogen and oxygen atoms in total. The van der Waals surface area contributed by atoms with Crippen LogP contribution in [-0.4, -0.2) is 42.0 Å². The number of esters is 1. The van der Waals surface area contributed by atoms with Gasteiger partial charge < -0.3 is 14.2 Å². The lowest BCUT2D eigenvalue weighted by molar-refractivity contribution is 0.0523. The van der Waals surface area contributed by atoms with Crippen molar-refractivity contribution in [2.24, 2.45) is 0 Å². The fourth-order valence-electron chi connectivity index (χ4n) is 2.59. The predicted octanol–water partition coefficient (Wildman–Crippen LogP) is 3.32. The quantitative estimate of drug-likeness (QED) is 0.684. The van der Waals surface area contributed by atoms with Crippen molar-refractivity contribution in [3.8, 4) is 11.6 Å². The summed E-state index contributed by atoms with van der Waals surface area (Å²) in [7, 11) is 3.09. The Morgan fingerprint density at radius 2 is 2.00 bits per heavy atom. The Labute approximate surface area is 150 Å². The number of pyridine rings is 1. The van der Waals surface area contributed by atoms with E-state index in [1.54, 1.807) is 38.4 Å². The molecule has 7 heteroatoms. The number of nitrogens with zero attached hydrogens (tertiary/aromatic N) is 2. The number of fused-ring (bicyclic) bond motifs is 1. The zero-order chi connectivity index (χ0) is 18.5. The summed E-state index contributed by atoms with van der Waals surface area (Å²) in [5.41, 5.74) is 2.67. The molecule has 0 atom stereocenters. The largest absolute Gasteiger partial charge is 0.495 e. The third-order valence-corrected chi connectivity index (χ3v) is 3.81. The molecule has 0 saturated heterocycles. The minimum atomic E-state index is -0.429. The summed E-state index contributed by atoms with van der Waals surface area (Å²) >= 11 is 0. The van der Waals surface area contributed by atoms with Crippen molar-refractivity contribution in [2.45, 2.75) is 6.92 Å². The van der Waals surface area contributed by atoms with Crippen LogP contribution >= 0.6 is 0 Å². The molecule has 0 fully saturated rings. The summed E-state index contributed by atoms with van der Waals surface area (Å²) in [5, 5.41) is 7.97. The second kappa shape index (κ2) is 7.69. The number of nitrogens with one attached hydrogen (secondary N) is 1. The van der Waals surface area contributed by atoms with Crippen molar-refractivity contribution in [1.82, 2.24) is 15.2 Å². The van der Waals surface area contributed by atoms with E-state index in [9.17, 15) is 4.79 Å². The Morgan fingerprint density at radius 1 is 1.15 bits per heavy atom. The van der Waals surface area contributed by atoms with Gasteiger partial charge in [-0.1, -0.05) is 6.08 Å². The molecule has 0 aliphatic heterocycles. The Morgan fingerprint density at radius 3 is 2.65 bits per heavy atom. The second-order valence-corrected chi connectivity index (χ2v) is 5.37. The maximum atomic E-state index is 12.2. The molecule has 3 rings (SSSR count). The van der Waals surface area contributed by atoms with Gasteiger partial charge in [-0.05, 0) is 36.8 Å². The van der Waals surface area contributed by atoms with Crippen molar-refractivity contribution in [2.75, 3.05) is 20.8 Å². The molecule has 3 aromatic rings. The van der Waals surface area contributed by atoms with Gasteiger partial charge in [0.1, 0.15) is 11.3 Å². The normalized spacial score (nSPS) is 11.0. The van der Waals surface area contributed by atoms with Gasteiger partial charge in [0.05, 0.1) is 37.4 Å². The summed E-state index contributed by atoms with van der Waals surface area (Å²) in [6, 6.07) is 7.11. The van der Waals surface area contributed by atoms with Crippen LogP contribution in [0.5, 0.6) is 11.6 Å². The molecule has 2 heterocycles. The highest BCUT2D eigenvalue weighted by molar-refractivity contribution is 6.03. The van der Waals surface area contributed by atoms with Crippen LogP contribution in [0.15, 0.2) is 30.5 Å². The minimum Gasteiger partial charge on any atom is -0.495 e. The molecule has 0 aliphatic rings. The SMILES string of the molecule is CCOC(=O)c1ccc2[nH]nc(C=Cc3ccc(OC)nc3)c2c1OC. The number of hydrogen-bond donors (Lipinski definition) is 1. The average Bonchev–Trinajstić information content (AvgIpc) is 3.09. The van der Waals surface area contributed by atoms with Gasteiger partial charge in [0.2, 0.25) is 5.88 Å². The first-order valence-corrected chi connectivity index (χ1v) is 8.08. The second-order valence-electron chi connectivity index (χ2n) is 5.37. The zero-order valence-electron chi connectivity index (χ0n) is 14.8. The van der Waals surface area contributed by atoms with E-state index < -0.39 is 5.97 Å². The van der Waals surface area contributed by atoms with E-state index in [1.807, 2.05) is 18.2 Å². The Bertz CT molecular complexity index is 945. The number of rotatable bonds is 6. The summed E-state index contributed by atoms with van der Waals surface area (Å²) < 4.78 is 15.6. The van der Waals surface area contributed by atoms with E-state index in [1.165, 1.54) is 7.11 Å². The first-order chi connectivity index (χ1) is 12.7. The third kappa shape index (κ3) is 3.37. The highest BCUT2D eigenvalue weighted by Crippen LogP contribution is 2.32. The molecule has 0 radical (unpaired) electrons. The average molecular weight is 353 g/mol. The van der Waals surface area contributed by atoms with Gasteiger partial charge in [0, 0.05) is 12.3 Å². The van der Waals surface area contributed by atoms with Gasteiger partial charge in [-0.2, -0.15) is 5.10 Å². The molecule has 0 unspecified atom stereocenters. The minimum absolute atomic E-state index is 0.294. The molecule has 134 valence electrons. The molecule has 1 aromatic carbocycles. The van der Waals surface area contributed by atoms with Crippen LogP contribution in [0.3, 0.4) is 0 Å². The number of H-pyrrole nitrogens is 1. The number of methoxy groups -OCH3 is 2. The van der Waals surface area contributed by atoms with Gasteiger partial charge in [0.15, 0.2) is 0 Å². The maximum absolute atomic E-state index is 12.2. The highest BCUT2D eigenvalue weighted by atomic mass is 16.5. The lowest BCUT2D eigenvalue weighted by Crippen LogP contribution is -2.07. The Hall–Kier alpha value is -3.35. The molecule has 0 bridgehead atoms. The van der Waals surface area contributed by atoms with Crippen molar-refractivity contribution in [3.63, 3.8) is 0 Å². The molecular formula is C19H19N3O4. The number of carbonyl (C=O) groups is 1. The number of hydrogen-bond acceptors (Lipinski definition) is 6. The maximum Gasteiger partial charge on any atom is 0.341 e. The highest BCUT2D eigenvalue weighted by Gasteiger charge is 2.19. The lowest BCUT2D eigenvalue weighted by Gasteiger charge is -2.09. The van der Waals surface area contributed by atoms with Gasteiger partial charge in [0.25, 0.3) is 0 Å². The fourth-order valence-corrected chi connectivity index (χ4v) is 2.59. The standard InChI is InChI=1S/C19H19N3O4/c1-4-26-19(23)13-7-9-15-17(18(13)25-3)14(21-22-15)8-5-12-6-10-16(24-2)20-11-12/h5-11H,4H2,1-3H3,(H,21,22). The van der Waals surface area contributed by atoms with E-state index in [0.717, 1.165) is 16.5 Å². The monoisotopic (exact) mass is 353 g/mol. The fraction of sp³-hybridized carbons (Fsp3) is 0.211. The molecule has 1 N–H and O–H groups in total. The summed E-state index contributed by atoms with van der Waals surface area (Å²) in [6.45, 7) is 2.06. The van der Waals surface area contributed by atoms with E-state index in [4.69, 9.17) is 14.2 Å². The summed E-state index contributed by atoms with van der Waals surface area (Å²) in [4.78, 5) is 16.3. The smallest absolute Gasteiger partial charge is 0.341 e. The summed E-state index contributed by atoms with van der Waals surface area (Å²) in [6.07, 6.45) is 5.41. The van der Waals surface area contributed by atoms with E-state index >= 15 is 0 Å². The van der Waals surface area contributed by atoms with Crippen LogP contribution in [0.2, 0.25) is 0 Å². The predicted molar refractivity (Wildman–Crippen MR) is 98.3 cm³/mol. The number of ether oxygens (including phenoxy) is 3.